The van der Waals surface area contributed by atoms with Gasteiger partial charge in [0.2, 0.25) is 5.91 Å². The molecule has 100 valence electrons. The Morgan fingerprint density at radius 3 is 2.89 bits per heavy atom. The van der Waals surface area contributed by atoms with E-state index in [4.69, 9.17) is 5.73 Å². The fraction of sp³-hybridized carbons (Fsp3) is 0.615. The molecule has 0 aromatic carbocycles. The summed E-state index contributed by atoms with van der Waals surface area (Å²) in [6, 6.07) is 1.86. The number of amides is 1. The van der Waals surface area contributed by atoms with Gasteiger partial charge in [-0.3, -0.25) is 4.79 Å². The molecular weight excluding hydrogens is 248 g/mol. The van der Waals surface area contributed by atoms with Crippen molar-refractivity contribution in [1.29, 1.82) is 0 Å². The van der Waals surface area contributed by atoms with Gasteiger partial charge >= 0.3 is 0 Å². The second-order valence-electron chi connectivity index (χ2n) is 5.12. The Labute approximate surface area is 111 Å². The number of aliphatic hydroxyl groups is 1. The van der Waals surface area contributed by atoms with E-state index in [0.29, 0.717) is 6.42 Å². The molecular formula is C13H20N2O2S. The molecule has 1 fully saturated rings. The van der Waals surface area contributed by atoms with Crippen LogP contribution in [0.2, 0.25) is 0 Å². The van der Waals surface area contributed by atoms with Gasteiger partial charge in [-0.25, -0.2) is 0 Å². The third-order valence-corrected chi connectivity index (χ3v) is 4.23. The zero-order chi connectivity index (χ0) is 13.0. The van der Waals surface area contributed by atoms with Gasteiger partial charge in [-0.1, -0.05) is 12.8 Å². The maximum atomic E-state index is 11.8. The van der Waals surface area contributed by atoms with E-state index in [1.54, 1.807) is 0 Å². The highest BCUT2D eigenvalue weighted by molar-refractivity contribution is 7.07. The molecule has 4 nitrogen and oxygen atoms in total. The van der Waals surface area contributed by atoms with Gasteiger partial charge in [0.1, 0.15) is 0 Å². The molecule has 0 aliphatic heterocycles. The Kier molecular flexibility index (Phi) is 4.37. The standard InChI is InChI=1S/C13H20N2O2S/c14-13(4-1-2-5-13)7-12(17)15-8-11(16)10-3-6-18-9-10/h3,6,9,11,16H,1-2,4-5,7-8,14H2,(H,15,17). The van der Waals surface area contributed by atoms with Crippen LogP contribution in [0.3, 0.4) is 0 Å². The van der Waals surface area contributed by atoms with Gasteiger partial charge in [0.05, 0.1) is 6.10 Å². The Hall–Kier alpha value is -0.910. The summed E-state index contributed by atoms with van der Waals surface area (Å²) in [7, 11) is 0. The molecule has 1 unspecified atom stereocenters. The number of carbonyl (C=O) groups excluding carboxylic acids is 1. The maximum Gasteiger partial charge on any atom is 0.221 e. The predicted octanol–water partition coefficient (Wildman–Crippen LogP) is 1.56. The van der Waals surface area contributed by atoms with Gasteiger partial charge in [0.25, 0.3) is 0 Å². The highest BCUT2D eigenvalue weighted by Gasteiger charge is 2.31. The molecule has 1 amide bonds. The minimum atomic E-state index is -0.627. The van der Waals surface area contributed by atoms with Crippen LogP contribution in [0.15, 0.2) is 16.8 Å². The van der Waals surface area contributed by atoms with Crippen LogP contribution in [0.5, 0.6) is 0 Å². The number of nitrogens with two attached hydrogens (primary N) is 1. The monoisotopic (exact) mass is 268 g/mol. The zero-order valence-corrected chi connectivity index (χ0v) is 11.2. The number of hydrogen-bond acceptors (Lipinski definition) is 4. The summed E-state index contributed by atoms with van der Waals surface area (Å²) in [6.45, 7) is 0.256. The number of thiophene rings is 1. The third kappa shape index (κ3) is 3.54. The summed E-state index contributed by atoms with van der Waals surface area (Å²) < 4.78 is 0. The average molecular weight is 268 g/mol. The van der Waals surface area contributed by atoms with Crippen LogP contribution in [0, 0.1) is 0 Å². The Morgan fingerprint density at radius 1 is 1.56 bits per heavy atom. The van der Waals surface area contributed by atoms with Crippen LogP contribution in [0.25, 0.3) is 0 Å². The van der Waals surface area contributed by atoms with Crippen molar-refractivity contribution in [2.24, 2.45) is 5.73 Å². The maximum absolute atomic E-state index is 11.8. The molecule has 5 heteroatoms. The molecule has 0 radical (unpaired) electrons. The van der Waals surface area contributed by atoms with Crippen molar-refractivity contribution in [2.45, 2.75) is 43.7 Å². The number of hydrogen-bond donors (Lipinski definition) is 3. The number of rotatable bonds is 5. The lowest BCUT2D eigenvalue weighted by atomic mass is 9.94. The first-order chi connectivity index (χ1) is 8.59. The normalized spacial score (nSPS) is 19.7. The summed E-state index contributed by atoms with van der Waals surface area (Å²) in [5, 5.41) is 16.4. The summed E-state index contributed by atoms with van der Waals surface area (Å²) in [6.07, 6.45) is 3.81. The van der Waals surface area contributed by atoms with Gasteiger partial charge in [-0.15, -0.1) is 0 Å². The molecule has 0 saturated heterocycles. The molecule has 1 aliphatic rings. The van der Waals surface area contributed by atoms with Gasteiger partial charge in [0.15, 0.2) is 0 Å². The van der Waals surface area contributed by atoms with E-state index in [-0.39, 0.29) is 18.0 Å². The molecule has 1 aromatic heterocycles. The first kappa shape index (κ1) is 13.5. The van der Waals surface area contributed by atoms with Crippen LogP contribution in [-0.2, 0) is 4.79 Å². The van der Waals surface area contributed by atoms with Crippen molar-refractivity contribution in [3.63, 3.8) is 0 Å². The van der Waals surface area contributed by atoms with E-state index in [1.165, 1.54) is 11.3 Å². The summed E-state index contributed by atoms with van der Waals surface area (Å²) in [5.41, 5.74) is 6.67. The predicted molar refractivity (Wildman–Crippen MR) is 72.3 cm³/mol. The molecule has 1 atom stereocenters. The molecule has 0 bridgehead atoms. The minimum Gasteiger partial charge on any atom is -0.387 e. The van der Waals surface area contributed by atoms with Crippen molar-refractivity contribution in [2.75, 3.05) is 6.54 Å². The SMILES string of the molecule is NC1(CC(=O)NCC(O)c2ccsc2)CCCC1. The van der Waals surface area contributed by atoms with Crippen molar-refractivity contribution < 1.29 is 9.90 Å². The highest BCUT2D eigenvalue weighted by atomic mass is 32.1. The van der Waals surface area contributed by atoms with E-state index >= 15 is 0 Å². The molecule has 1 saturated carbocycles. The molecule has 1 aromatic rings. The Morgan fingerprint density at radius 2 is 2.28 bits per heavy atom. The second kappa shape index (κ2) is 5.82. The second-order valence-corrected chi connectivity index (χ2v) is 5.90. The average Bonchev–Trinajstić information content (AvgIpc) is 2.97. The van der Waals surface area contributed by atoms with Crippen LogP contribution >= 0.6 is 11.3 Å². The molecule has 2 rings (SSSR count). The molecule has 18 heavy (non-hydrogen) atoms. The zero-order valence-electron chi connectivity index (χ0n) is 10.4. The third-order valence-electron chi connectivity index (χ3n) is 3.53. The lowest BCUT2D eigenvalue weighted by Crippen LogP contribution is -2.42. The number of carbonyl (C=O) groups is 1. The number of nitrogens with one attached hydrogen (secondary N) is 1. The van der Waals surface area contributed by atoms with E-state index in [9.17, 15) is 9.90 Å². The summed E-state index contributed by atoms with van der Waals surface area (Å²) in [5.74, 6) is -0.0614. The topological polar surface area (TPSA) is 75.4 Å². The largest absolute Gasteiger partial charge is 0.387 e. The Bertz CT molecular complexity index is 386. The first-order valence-electron chi connectivity index (χ1n) is 6.35. The minimum absolute atomic E-state index is 0.0614. The van der Waals surface area contributed by atoms with E-state index in [0.717, 1.165) is 31.2 Å². The fourth-order valence-electron chi connectivity index (χ4n) is 2.43. The van der Waals surface area contributed by atoms with Crippen LogP contribution in [-0.4, -0.2) is 23.1 Å². The number of aliphatic hydroxyl groups excluding tert-OH is 1. The van der Waals surface area contributed by atoms with Gasteiger partial charge in [0, 0.05) is 18.5 Å². The van der Waals surface area contributed by atoms with Gasteiger partial charge in [-0.2, -0.15) is 11.3 Å². The summed E-state index contributed by atoms with van der Waals surface area (Å²) in [4.78, 5) is 11.8. The van der Waals surface area contributed by atoms with Crippen molar-refractivity contribution in [3.8, 4) is 0 Å². The van der Waals surface area contributed by atoms with Gasteiger partial charge < -0.3 is 16.2 Å². The van der Waals surface area contributed by atoms with Crippen LogP contribution in [0.4, 0.5) is 0 Å². The van der Waals surface area contributed by atoms with Crippen molar-refractivity contribution in [1.82, 2.24) is 5.32 Å². The Balaban J connectivity index is 1.75. The lowest BCUT2D eigenvalue weighted by Gasteiger charge is -2.23. The van der Waals surface area contributed by atoms with Crippen molar-refractivity contribution >= 4 is 17.2 Å². The van der Waals surface area contributed by atoms with E-state index in [1.807, 2.05) is 16.8 Å². The molecule has 0 spiro atoms. The molecule has 4 N–H and O–H groups in total. The van der Waals surface area contributed by atoms with Crippen LogP contribution in [0.1, 0.15) is 43.8 Å². The van der Waals surface area contributed by atoms with Crippen LogP contribution < -0.4 is 11.1 Å². The molecule has 1 heterocycles. The molecule has 1 aliphatic carbocycles. The lowest BCUT2D eigenvalue weighted by molar-refractivity contribution is -0.122. The smallest absolute Gasteiger partial charge is 0.221 e. The van der Waals surface area contributed by atoms with Gasteiger partial charge in [-0.05, 0) is 35.2 Å². The van der Waals surface area contributed by atoms with E-state index in [2.05, 4.69) is 5.32 Å². The van der Waals surface area contributed by atoms with Crippen molar-refractivity contribution in [3.05, 3.63) is 22.4 Å². The van der Waals surface area contributed by atoms with E-state index < -0.39 is 6.10 Å². The highest BCUT2D eigenvalue weighted by Crippen LogP contribution is 2.29. The quantitative estimate of drug-likeness (QED) is 0.758. The fourth-order valence-corrected chi connectivity index (χ4v) is 3.14. The summed E-state index contributed by atoms with van der Waals surface area (Å²) >= 11 is 1.53. The first-order valence-corrected chi connectivity index (χ1v) is 7.29.